The van der Waals surface area contributed by atoms with Gasteiger partial charge in [0.15, 0.2) is 5.82 Å². The van der Waals surface area contributed by atoms with Gasteiger partial charge in [-0.3, -0.25) is 4.40 Å². The highest BCUT2D eigenvalue weighted by atomic mass is 16.5. The fraction of sp³-hybridized carbons (Fsp3) is 0.300. The lowest BCUT2D eigenvalue weighted by molar-refractivity contribution is 0.0505. The first-order valence-corrected chi connectivity index (χ1v) is 8.76. The van der Waals surface area contributed by atoms with Crippen molar-refractivity contribution < 1.29 is 9.53 Å². The molecule has 0 amide bonds. The molecule has 0 saturated heterocycles. The number of aromatic nitrogens is 2. The van der Waals surface area contributed by atoms with Crippen LogP contribution in [0.2, 0.25) is 0 Å². The van der Waals surface area contributed by atoms with E-state index in [2.05, 4.69) is 29.1 Å². The van der Waals surface area contributed by atoms with Gasteiger partial charge in [0.2, 0.25) is 0 Å². The third kappa shape index (κ3) is 3.79. The molecule has 6 heteroatoms. The zero-order valence-electron chi connectivity index (χ0n) is 15.2. The van der Waals surface area contributed by atoms with Gasteiger partial charge in [-0.05, 0) is 48.7 Å². The van der Waals surface area contributed by atoms with Crippen molar-refractivity contribution in [1.82, 2.24) is 9.38 Å². The maximum Gasteiger partial charge on any atom is 0.338 e. The standard InChI is InChI=1S/C20H22N4O2/c1-4-13-26-20(25)15-8-10-16(11-9-15)22-23-19-18(14(2)3)21-17-7-5-6-12-24(17)19/h5-12,14H,4,13H2,1-3H3. The molecule has 0 N–H and O–H groups in total. The molecule has 134 valence electrons. The van der Waals surface area contributed by atoms with E-state index in [4.69, 9.17) is 4.74 Å². The minimum atomic E-state index is -0.320. The number of ether oxygens (including phenoxy) is 1. The lowest BCUT2D eigenvalue weighted by Crippen LogP contribution is -2.05. The Kier molecular flexibility index (Phi) is 5.41. The molecule has 0 aliphatic heterocycles. The lowest BCUT2D eigenvalue weighted by atomic mass is 10.1. The van der Waals surface area contributed by atoms with Crippen LogP contribution in [0, 0.1) is 0 Å². The van der Waals surface area contributed by atoms with E-state index >= 15 is 0 Å². The molecule has 1 aromatic carbocycles. The van der Waals surface area contributed by atoms with Gasteiger partial charge in [0.05, 0.1) is 23.6 Å². The van der Waals surface area contributed by atoms with Crippen LogP contribution in [0.3, 0.4) is 0 Å². The van der Waals surface area contributed by atoms with Crippen LogP contribution in [0.25, 0.3) is 5.65 Å². The van der Waals surface area contributed by atoms with E-state index in [-0.39, 0.29) is 11.9 Å². The molecular formula is C20H22N4O2. The Morgan fingerprint density at radius 2 is 1.92 bits per heavy atom. The summed E-state index contributed by atoms with van der Waals surface area (Å²) in [5.41, 5.74) is 2.92. The summed E-state index contributed by atoms with van der Waals surface area (Å²) in [6.45, 7) is 6.55. The van der Waals surface area contributed by atoms with Gasteiger partial charge >= 0.3 is 5.97 Å². The molecule has 0 unspecified atom stereocenters. The Bertz CT molecular complexity index is 927. The first-order chi connectivity index (χ1) is 12.6. The number of carbonyl (C=O) groups excluding carboxylic acids is 1. The number of esters is 1. The average Bonchev–Trinajstić information content (AvgIpc) is 3.04. The van der Waals surface area contributed by atoms with Gasteiger partial charge < -0.3 is 4.74 Å². The van der Waals surface area contributed by atoms with Crippen LogP contribution in [0.5, 0.6) is 0 Å². The van der Waals surface area contributed by atoms with Crippen LogP contribution in [-0.2, 0) is 4.74 Å². The summed E-state index contributed by atoms with van der Waals surface area (Å²) in [7, 11) is 0. The monoisotopic (exact) mass is 350 g/mol. The van der Waals surface area contributed by atoms with Crippen molar-refractivity contribution >= 4 is 23.1 Å². The topological polar surface area (TPSA) is 68.3 Å². The van der Waals surface area contributed by atoms with Crippen LogP contribution in [0.1, 0.15) is 49.2 Å². The fourth-order valence-corrected chi connectivity index (χ4v) is 2.54. The van der Waals surface area contributed by atoms with Crippen LogP contribution in [-0.4, -0.2) is 22.0 Å². The summed E-state index contributed by atoms with van der Waals surface area (Å²) >= 11 is 0. The first-order valence-electron chi connectivity index (χ1n) is 8.76. The molecule has 0 atom stereocenters. The predicted molar refractivity (Wildman–Crippen MR) is 100 cm³/mol. The van der Waals surface area contributed by atoms with Crippen molar-refractivity contribution in [3.05, 3.63) is 59.9 Å². The van der Waals surface area contributed by atoms with Gasteiger partial charge in [-0.15, -0.1) is 10.2 Å². The van der Waals surface area contributed by atoms with E-state index in [1.54, 1.807) is 24.3 Å². The molecule has 0 aliphatic carbocycles. The second-order valence-corrected chi connectivity index (χ2v) is 6.29. The molecule has 3 rings (SSSR count). The van der Waals surface area contributed by atoms with Gasteiger partial charge in [0, 0.05) is 6.20 Å². The zero-order chi connectivity index (χ0) is 18.5. The van der Waals surface area contributed by atoms with Gasteiger partial charge in [-0.1, -0.05) is 26.8 Å². The largest absolute Gasteiger partial charge is 0.462 e. The lowest BCUT2D eigenvalue weighted by Gasteiger charge is -2.03. The summed E-state index contributed by atoms with van der Waals surface area (Å²) in [6, 6.07) is 12.7. The zero-order valence-corrected chi connectivity index (χ0v) is 15.2. The molecule has 0 radical (unpaired) electrons. The molecule has 0 spiro atoms. The molecule has 6 nitrogen and oxygen atoms in total. The number of benzene rings is 1. The maximum absolute atomic E-state index is 11.8. The van der Waals surface area contributed by atoms with Crippen molar-refractivity contribution in [3.8, 4) is 0 Å². The first kappa shape index (κ1) is 17.8. The van der Waals surface area contributed by atoms with E-state index in [0.29, 0.717) is 17.9 Å². The number of carbonyl (C=O) groups is 1. The third-order valence-corrected chi connectivity index (χ3v) is 3.88. The Morgan fingerprint density at radius 3 is 2.62 bits per heavy atom. The van der Waals surface area contributed by atoms with Crippen LogP contribution in [0.15, 0.2) is 58.9 Å². The summed E-state index contributed by atoms with van der Waals surface area (Å²) in [5, 5.41) is 8.74. The SMILES string of the molecule is CCCOC(=O)c1ccc(N=Nc2c(C(C)C)nc3ccccn23)cc1. The highest BCUT2D eigenvalue weighted by molar-refractivity contribution is 5.89. The average molecular weight is 350 g/mol. The third-order valence-electron chi connectivity index (χ3n) is 3.88. The highest BCUT2D eigenvalue weighted by Gasteiger charge is 2.14. The van der Waals surface area contributed by atoms with Crippen molar-refractivity contribution in [2.75, 3.05) is 6.61 Å². The van der Waals surface area contributed by atoms with Crippen LogP contribution in [0.4, 0.5) is 11.5 Å². The number of hydrogen-bond donors (Lipinski definition) is 0. The van der Waals surface area contributed by atoms with E-state index in [0.717, 1.165) is 23.6 Å². The summed E-state index contributed by atoms with van der Waals surface area (Å²) < 4.78 is 7.05. The fourth-order valence-electron chi connectivity index (χ4n) is 2.54. The second-order valence-electron chi connectivity index (χ2n) is 6.29. The van der Waals surface area contributed by atoms with Gasteiger partial charge in [-0.25, -0.2) is 9.78 Å². The summed E-state index contributed by atoms with van der Waals surface area (Å²) in [5.74, 6) is 0.640. The van der Waals surface area contributed by atoms with E-state index in [1.165, 1.54) is 0 Å². The molecule has 0 aliphatic rings. The van der Waals surface area contributed by atoms with Crippen LogP contribution >= 0.6 is 0 Å². The molecule has 26 heavy (non-hydrogen) atoms. The molecule has 2 heterocycles. The Labute approximate surface area is 152 Å². The van der Waals surface area contributed by atoms with Crippen molar-refractivity contribution in [2.45, 2.75) is 33.1 Å². The molecule has 0 bridgehead atoms. The van der Waals surface area contributed by atoms with Crippen molar-refractivity contribution in [3.63, 3.8) is 0 Å². The molecule has 0 fully saturated rings. The van der Waals surface area contributed by atoms with E-state index in [9.17, 15) is 4.79 Å². The second kappa shape index (κ2) is 7.91. The molecule has 0 saturated carbocycles. The normalized spacial score (nSPS) is 11.5. The number of fused-ring (bicyclic) bond motifs is 1. The minimum Gasteiger partial charge on any atom is -0.462 e. The Balaban J connectivity index is 1.85. The van der Waals surface area contributed by atoms with Gasteiger partial charge in [0.25, 0.3) is 0 Å². The predicted octanol–water partition coefficient (Wildman–Crippen LogP) is 5.44. The number of nitrogens with zero attached hydrogens (tertiary/aromatic N) is 4. The molecule has 3 aromatic rings. The number of hydrogen-bond acceptors (Lipinski definition) is 5. The summed E-state index contributed by atoms with van der Waals surface area (Å²) in [6.07, 6.45) is 2.73. The Hall–Kier alpha value is -3.02. The van der Waals surface area contributed by atoms with Gasteiger partial charge in [-0.2, -0.15) is 0 Å². The van der Waals surface area contributed by atoms with Gasteiger partial charge in [0.1, 0.15) is 5.65 Å². The molecular weight excluding hydrogens is 328 g/mol. The number of azo groups is 1. The minimum absolute atomic E-state index is 0.236. The van der Waals surface area contributed by atoms with E-state index < -0.39 is 0 Å². The van der Waals surface area contributed by atoms with Crippen molar-refractivity contribution in [2.24, 2.45) is 10.2 Å². The maximum atomic E-state index is 11.8. The summed E-state index contributed by atoms with van der Waals surface area (Å²) in [4.78, 5) is 16.5. The Morgan fingerprint density at radius 1 is 1.15 bits per heavy atom. The number of pyridine rings is 1. The smallest absolute Gasteiger partial charge is 0.338 e. The number of rotatable bonds is 6. The van der Waals surface area contributed by atoms with E-state index in [1.807, 2.05) is 35.7 Å². The molecule has 2 aromatic heterocycles. The number of imidazole rings is 1. The quantitative estimate of drug-likeness (QED) is 0.439. The van der Waals surface area contributed by atoms with Crippen molar-refractivity contribution in [1.29, 1.82) is 0 Å². The van der Waals surface area contributed by atoms with Crippen LogP contribution < -0.4 is 0 Å². The highest BCUT2D eigenvalue weighted by Crippen LogP contribution is 2.29.